The van der Waals surface area contributed by atoms with E-state index in [4.69, 9.17) is 10.5 Å². The summed E-state index contributed by atoms with van der Waals surface area (Å²) in [5.41, 5.74) is 5.92. The van der Waals surface area contributed by atoms with Crippen molar-refractivity contribution in [3.8, 4) is 0 Å². The fourth-order valence-corrected chi connectivity index (χ4v) is 4.33. The molecule has 2 aliphatic heterocycles. The molecule has 4 unspecified atom stereocenters. The van der Waals surface area contributed by atoms with Gasteiger partial charge < -0.3 is 10.5 Å². The molecule has 0 amide bonds. The molecule has 0 saturated carbocycles. The van der Waals surface area contributed by atoms with Gasteiger partial charge >= 0.3 is 0 Å². The van der Waals surface area contributed by atoms with Crippen LogP contribution >= 0.6 is 11.8 Å². The number of nitrogens with two attached hydrogens (primary N) is 1. The predicted octanol–water partition coefficient (Wildman–Crippen LogP) is 1.32. The Morgan fingerprint density at radius 1 is 1.44 bits per heavy atom. The molecular formula is C12H24N2OS. The van der Waals surface area contributed by atoms with Crippen molar-refractivity contribution in [2.75, 3.05) is 26.0 Å². The van der Waals surface area contributed by atoms with E-state index in [9.17, 15) is 0 Å². The van der Waals surface area contributed by atoms with E-state index in [1.807, 2.05) is 7.11 Å². The van der Waals surface area contributed by atoms with Crippen molar-refractivity contribution in [1.82, 2.24) is 4.90 Å². The quantitative estimate of drug-likeness (QED) is 0.812. The van der Waals surface area contributed by atoms with Crippen molar-refractivity contribution < 1.29 is 4.74 Å². The summed E-state index contributed by atoms with van der Waals surface area (Å²) in [6, 6.07) is 1.28. The second-order valence-electron chi connectivity index (χ2n) is 4.94. The van der Waals surface area contributed by atoms with Gasteiger partial charge in [-0.2, -0.15) is 11.8 Å². The van der Waals surface area contributed by atoms with Crippen LogP contribution in [0.15, 0.2) is 0 Å². The maximum atomic E-state index is 5.92. The molecule has 2 saturated heterocycles. The molecule has 16 heavy (non-hydrogen) atoms. The van der Waals surface area contributed by atoms with Gasteiger partial charge in [0, 0.05) is 37.5 Å². The van der Waals surface area contributed by atoms with Crippen molar-refractivity contribution in [3.05, 3.63) is 0 Å². The third kappa shape index (κ3) is 2.55. The number of ether oxygens (including phenoxy) is 1. The van der Waals surface area contributed by atoms with Gasteiger partial charge in [-0.1, -0.05) is 6.92 Å². The standard InChI is InChI=1S/C12H24N2OS/c1-9-12(4-6-16-9)14-5-3-11(15-2)7-10(14)8-13/h9-12H,3-8,13H2,1-2H3. The first-order valence-corrected chi connectivity index (χ1v) is 7.41. The molecule has 0 bridgehead atoms. The van der Waals surface area contributed by atoms with Crippen LogP contribution in [0, 0.1) is 0 Å². The van der Waals surface area contributed by atoms with Crippen molar-refractivity contribution >= 4 is 11.8 Å². The van der Waals surface area contributed by atoms with Gasteiger partial charge in [-0.05, 0) is 25.0 Å². The molecule has 0 radical (unpaired) electrons. The molecule has 4 atom stereocenters. The van der Waals surface area contributed by atoms with Gasteiger partial charge in [0.05, 0.1) is 6.10 Å². The fourth-order valence-electron chi connectivity index (χ4n) is 3.07. The minimum atomic E-state index is 0.425. The minimum absolute atomic E-state index is 0.425. The monoisotopic (exact) mass is 244 g/mol. The van der Waals surface area contributed by atoms with Crippen LogP contribution in [-0.2, 0) is 4.74 Å². The predicted molar refractivity (Wildman–Crippen MR) is 69.9 cm³/mol. The summed E-state index contributed by atoms with van der Waals surface area (Å²) in [5.74, 6) is 1.31. The molecular weight excluding hydrogens is 220 g/mol. The molecule has 0 aromatic carbocycles. The number of rotatable bonds is 3. The Labute approximate surface area is 103 Å². The summed E-state index contributed by atoms with van der Waals surface area (Å²) in [6.45, 7) is 4.29. The fraction of sp³-hybridized carbons (Fsp3) is 1.00. The normalized spacial score (nSPS) is 41.4. The van der Waals surface area contributed by atoms with Crippen LogP contribution in [-0.4, -0.2) is 54.3 Å². The Kier molecular flexibility index (Phi) is 4.53. The summed E-state index contributed by atoms with van der Waals surface area (Å²) in [4.78, 5) is 2.65. The molecule has 0 aliphatic carbocycles. The first-order chi connectivity index (χ1) is 7.76. The molecule has 0 aromatic heterocycles. The number of hydrogen-bond donors (Lipinski definition) is 1. The summed E-state index contributed by atoms with van der Waals surface area (Å²) < 4.78 is 5.47. The minimum Gasteiger partial charge on any atom is -0.381 e. The van der Waals surface area contributed by atoms with Crippen LogP contribution in [0.1, 0.15) is 26.2 Å². The molecule has 94 valence electrons. The van der Waals surface area contributed by atoms with Gasteiger partial charge in [-0.25, -0.2) is 0 Å². The highest BCUT2D eigenvalue weighted by atomic mass is 32.2. The van der Waals surface area contributed by atoms with Gasteiger partial charge in [-0.15, -0.1) is 0 Å². The van der Waals surface area contributed by atoms with Gasteiger partial charge in [0.15, 0.2) is 0 Å². The molecule has 2 heterocycles. The number of methoxy groups -OCH3 is 1. The number of piperidine rings is 1. The van der Waals surface area contributed by atoms with E-state index in [0.29, 0.717) is 12.1 Å². The summed E-state index contributed by atoms with van der Waals surface area (Å²) in [5, 5.41) is 0.771. The van der Waals surface area contributed by atoms with E-state index in [1.165, 1.54) is 18.6 Å². The highest BCUT2D eigenvalue weighted by Gasteiger charge is 2.36. The molecule has 2 fully saturated rings. The second kappa shape index (κ2) is 5.71. The third-order valence-corrected chi connectivity index (χ3v) is 5.39. The zero-order chi connectivity index (χ0) is 11.5. The topological polar surface area (TPSA) is 38.5 Å². The number of nitrogens with zero attached hydrogens (tertiary/aromatic N) is 1. The molecule has 0 aromatic rings. The van der Waals surface area contributed by atoms with E-state index < -0.39 is 0 Å². The third-order valence-electron chi connectivity index (χ3n) is 4.08. The smallest absolute Gasteiger partial charge is 0.0599 e. The maximum Gasteiger partial charge on any atom is 0.0599 e. The van der Waals surface area contributed by atoms with Crippen LogP contribution in [0.25, 0.3) is 0 Å². The summed E-state index contributed by atoms with van der Waals surface area (Å²) in [6.07, 6.45) is 4.04. The van der Waals surface area contributed by atoms with Gasteiger partial charge in [-0.3, -0.25) is 4.90 Å². The lowest BCUT2D eigenvalue weighted by Crippen LogP contribution is -2.54. The van der Waals surface area contributed by atoms with Crippen LogP contribution < -0.4 is 5.73 Å². The molecule has 4 heteroatoms. The van der Waals surface area contributed by atoms with Crippen LogP contribution in [0.3, 0.4) is 0 Å². The molecule has 2 aliphatic rings. The summed E-state index contributed by atoms with van der Waals surface area (Å²) in [7, 11) is 1.82. The highest BCUT2D eigenvalue weighted by Crippen LogP contribution is 2.34. The average Bonchev–Trinajstić information content (AvgIpc) is 2.74. The Balaban J connectivity index is 1.98. The van der Waals surface area contributed by atoms with Gasteiger partial charge in [0.2, 0.25) is 0 Å². The average molecular weight is 244 g/mol. The zero-order valence-electron chi connectivity index (χ0n) is 10.4. The van der Waals surface area contributed by atoms with Gasteiger partial charge in [0.1, 0.15) is 0 Å². The molecule has 3 nitrogen and oxygen atoms in total. The molecule has 0 spiro atoms. The lowest BCUT2D eigenvalue weighted by molar-refractivity contribution is -0.00326. The Morgan fingerprint density at radius 3 is 2.81 bits per heavy atom. The van der Waals surface area contributed by atoms with Crippen LogP contribution in [0.5, 0.6) is 0 Å². The molecule has 2 rings (SSSR count). The highest BCUT2D eigenvalue weighted by molar-refractivity contribution is 8.00. The van der Waals surface area contributed by atoms with E-state index >= 15 is 0 Å². The Bertz CT molecular complexity index is 227. The number of thioether (sulfide) groups is 1. The van der Waals surface area contributed by atoms with Crippen LogP contribution in [0.4, 0.5) is 0 Å². The lowest BCUT2D eigenvalue weighted by Gasteiger charge is -2.43. The Hall–Kier alpha value is 0.230. The lowest BCUT2D eigenvalue weighted by atomic mass is 9.95. The van der Waals surface area contributed by atoms with E-state index in [0.717, 1.165) is 30.8 Å². The Morgan fingerprint density at radius 2 is 2.25 bits per heavy atom. The van der Waals surface area contributed by atoms with Crippen molar-refractivity contribution in [2.45, 2.75) is 49.6 Å². The van der Waals surface area contributed by atoms with Gasteiger partial charge in [0.25, 0.3) is 0 Å². The zero-order valence-corrected chi connectivity index (χ0v) is 11.2. The number of hydrogen-bond acceptors (Lipinski definition) is 4. The van der Waals surface area contributed by atoms with Crippen LogP contribution in [0.2, 0.25) is 0 Å². The van der Waals surface area contributed by atoms with E-state index in [-0.39, 0.29) is 0 Å². The van der Waals surface area contributed by atoms with E-state index in [1.54, 1.807) is 0 Å². The second-order valence-corrected chi connectivity index (χ2v) is 6.43. The summed E-state index contributed by atoms with van der Waals surface area (Å²) >= 11 is 2.10. The van der Waals surface area contributed by atoms with Crippen molar-refractivity contribution in [1.29, 1.82) is 0 Å². The SMILES string of the molecule is COC1CCN(C2CCSC2C)C(CN)C1. The van der Waals surface area contributed by atoms with Crippen molar-refractivity contribution in [2.24, 2.45) is 5.73 Å². The molecule has 2 N–H and O–H groups in total. The van der Waals surface area contributed by atoms with Crippen molar-refractivity contribution in [3.63, 3.8) is 0 Å². The largest absolute Gasteiger partial charge is 0.381 e. The number of likely N-dealkylation sites (tertiary alicyclic amines) is 1. The first kappa shape index (κ1) is 12.7. The maximum absolute atomic E-state index is 5.92. The first-order valence-electron chi connectivity index (χ1n) is 6.36. The van der Waals surface area contributed by atoms with E-state index in [2.05, 4.69) is 23.6 Å².